The fourth-order valence-corrected chi connectivity index (χ4v) is 5.05. The highest BCUT2D eigenvalue weighted by molar-refractivity contribution is 5.68. The van der Waals surface area contributed by atoms with E-state index in [1.807, 2.05) is 30.3 Å². The summed E-state index contributed by atoms with van der Waals surface area (Å²) < 4.78 is 26.4. The van der Waals surface area contributed by atoms with Crippen molar-refractivity contribution in [2.24, 2.45) is 0 Å². The lowest BCUT2D eigenvalue weighted by molar-refractivity contribution is -0.137. The Morgan fingerprint density at radius 3 is 3.03 bits per heavy atom. The van der Waals surface area contributed by atoms with Crippen LogP contribution in [0.3, 0.4) is 0 Å². The van der Waals surface area contributed by atoms with Crippen LogP contribution in [0.5, 0.6) is 5.75 Å². The summed E-state index contributed by atoms with van der Waals surface area (Å²) in [7, 11) is 1.62. The number of aliphatic carboxylic acids is 1. The number of nitrogens with one attached hydrogen (secondary N) is 1. The van der Waals surface area contributed by atoms with Gasteiger partial charge in [-0.05, 0) is 61.4 Å². The van der Waals surface area contributed by atoms with E-state index >= 15 is 4.39 Å². The number of carbonyl (C=O) groups is 1. The van der Waals surface area contributed by atoms with Gasteiger partial charge in [-0.3, -0.25) is 9.69 Å². The first kappa shape index (κ1) is 25.4. The molecule has 190 valence electrons. The lowest BCUT2D eigenvalue weighted by Crippen LogP contribution is -2.32. The van der Waals surface area contributed by atoms with Gasteiger partial charge in [-0.25, -0.2) is 9.37 Å². The Bertz CT molecular complexity index is 1000. The second-order valence-electron chi connectivity index (χ2n) is 9.69. The van der Waals surface area contributed by atoms with Crippen LogP contribution in [0, 0.1) is 0 Å². The molecule has 4 rings (SSSR count). The molecule has 2 aromatic rings. The zero-order valence-corrected chi connectivity index (χ0v) is 20.5. The smallest absolute Gasteiger partial charge is 0.304 e. The second kappa shape index (κ2) is 11.8. The summed E-state index contributed by atoms with van der Waals surface area (Å²) in [5, 5.41) is 12.8. The molecular weight excluding hydrogens is 449 g/mol. The van der Waals surface area contributed by atoms with E-state index in [2.05, 4.69) is 16.3 Å². The van der Waals surface area contributed by atoms with Crippen molar-refractivity contribution >= 4 is 11.8 Å². The van der Waals surface area contributed by atoms with Crippen LogP contribution in [-0.2, 0) is 22.4 Å². The molecule has 1 fully saturated rings. The number of likely N-dealkylation sites (tertiary alicyclic amines) is 1. The van der Waals surface area contributed by atoms with Gasteiger partial charge in [0.25, 0.3) is 0 Å². The van der Waals surface area contributed by atoms with Crippen molar-refractivity contribution in [3.8, 4) is 5.75 Å². The average Bonchev–Trinajstić information content (AvgIpc) is 3.23. The molecule has 0 spiro atoms. The summed E-state index contributed by atoms with van der Waals surface area (Å²) in [4.78, 5) is 18.4. The standard InChI is InChI=1S/C27H36FN3O4/c1-34-14-15-35-24-6-2-4-21(16-24)22(17-25(32)33)18-31-13-11-27(28,19-31)10-9-23-8-7-20-5-3-12-29-26(20)30-23/h2,4,6-8,16,22H,3,5,9-15,17-19H2,1H3,(H,29,30)(H,32,33)/t22?,27-/m0/s1. The number of carboxylic acids is 1. The van der Waals surface area contributed by atoms with Crippen LogP contribution in [0.4, 0.5) is 10.2 Å². The Morgan fingerprint density at radius 2 is 2.20 bits per heavy atom. The third-order valence-corrected chi connectivity index (χ3v) is 6.95. The maximum atomic E-state index is 15.7. The first-order chi connectivity index (χ1) is 16.9. The number of rotatable bonds is 12. The van der Waals surface area contributed by atoms with Gasteiger partial charge in [0.2, 0.25) is 0 Å². The van der Waals surface area contributed by atoms with E-state index in [-0.39, 0.29) is 12.3 Å². The van der Waals surface area contributed by atoms with Crippen LogP contribution in [-0.4, -0.2) is 73.1 Å². The molecule has 1 aromatic carbocycles. The van der Waals surface area contributed by atoms with Gasteiger partial charge in [0.05, 0.1) is 13.0 Å². The molecule has 1 saturated heterocycles. The highest BCUT2D eigenvalue weighted by Crippen LogP contribution is 2.33. The molecule has 0 aliphatic carbocycles. The zero-order valence-electron chi connectivity index (χ0n) is 20.5. The molecular formula is C27H36FN3O4. The summed E-state index contributed by atoms with van der Waals surface area (Å²) >= 11 is 0. The summed E-state index contributed by atoms with van der Waals surface area (Å²) in [6.07, 6.45) is 3.61. The molecule has 0 radical (unpaired) electrons. The number of hydrogen-bond acceptors (Lipinski definition) is 6. The molecule has 0 saturated carbocycles. The lowest BCUT2D eigenvalue weighted by Gasteiger charge is -2.25. The summed E-state index contributed by atoms with van der Waals surface area (Å²) in [5.74, 6) is 0.524. The molecule has 2 aliphatic rings. The number of hydrogen-bond donors (Lipinski definition) is 2. The minimum absolute atomic E-state index is 0.0106. The number of fused-ring (bicyclic) bond motifs is 1. The van der Waals surface area contributed by atoms with Crippen molar-refractivity contribution in [1.29, 1.82) is 0 Å². The highest BCUT2D eigenvalue weighted by Gasteiger charge is 2.39. The average molecular weight is 486 g/mol. The van der Waals surface area contributed by atoms with Crippen molar-refractivity contribution < 1.29 is 23.8 Å². The minimum atomic E-state index is -1.29. The number of halogens is 1. The van der Waals surface area contributed by atoms with Gasteiger partial charge >= 0.3 is 5.97 Å². The molecule has 1 unspecified atom stereocenters. The van der Waals surface area contributed by atoms with E-state index in [4.69, 9.17) is 14.5 Å². The number of aryl methyl sites for hydroxylation is 2. The summed E-state index contributed by atoms with van der Waals surface area (Å²) in [6, 6.07) is 11.7. The maximum absolute atomic E-state index is 15.7. The zero-order chi connectivity index (χ0) is 24.7. The molecule has 35 heavy (non-hydrogen) atoms. The van der Waals surface area contributed by atoms with Gasteiger partial charge in [0, 0.05) is 44.9 Å². The van der Waals surface area contributed by atoms with Crippen LogP contribution in [0.1, 0.15) is 48.4 Å². The van der Waals surface area contributed by atoms with E-state index in [0.717, 1.165) is 36.5 Å². The molecule has 2 atom stereocenters. The van der Waals surface area contributed by atoms with Crippen LogP contribution in [0.2, 0.25) is 0 Å². The Hall–Kier alpha value is -2.71. The van der Waals surface area contributed by atoms with Crippen molar-refractivity contribution in [2.45, 2.75) is 50.1 Å². The van der Waals surface area contributed by atoms with Crippen molar-refractivity contribution in [3.05, 3.63) is 53.2 Å². The van der Waals surface area contributed by atoms with Crippen molar-refractivity contribution in [1.82, 2.24) is 9.88 Å². The number of alkyl halides is 1. The number of carboxylic acid groups (broad SMARTS) is 1. The van der Waals surface area contributed by atoms with Gasteiger partial charge in [0.15, 0.2) is 0 Å². The van der Waals surface area contributed by atoms with E-state index in [1.54, 1.807) is 7.11 Å². The third kappa shape index (κ3) is 7.15. The summed E-state index contributed by atoms with van der Waals surface area (Å²) in [5.41, 5.74) is 1.76. The second-order valence-corrected chi connectivity index (χ2v) is 9.69. The highest BCUT2D eigenvalue weighted by atomic mass is 19.1. The van der Waals surface area contributed by atoms with E-state index in [0.29, 0.717) is 57.9 Å². The van der Waals surface area contributed by atoms with E-state index in [1.165, 1.54) is 5.56 Å². The number of pyridine rings is 1. The quantitative estimate of drug-likeness (QED) is 0.439. The molecule has 8 heteroatoms. The van der Waals surface area contributed by atoms with Gasteiger partial charge in [0.1, 0.15) is 23.8 Å². The first-order valence-electron chi connectivity index (χ1n) is 12.5. The van der Waals surface area contributed by atoms with Gasteiger partial charge < -0.3 is 19.9 Å². The molecule has 0 bridgehead atoms. The minimum Gasteiger partial charge on any atom is -0.491 e. The first-order valence-corrected chi connectivity index (χ1v) is 12.5. The molecule has 0 amide bonds. The van der Waals surface area contributed by atoms with Crippen LogP contribution in [0.15, 0.2) is 36.4 Å². The topological polar surface area (TPSA) is 83.9 Å². The fourth-order valence-electron chi connectivity index (χ4n) is 5.05. The van der Waals surface area contributed by atoms with Gasteiger partial charge in [-0.15, -0.1) is 0 Å². The Labute approximate surface area is 206 Å². The number of nitrogens with zero attached hydrogens (tertiary/aromatic N) is 2. The normalized spacial score (nSPS) is 20.7. The monoisotopic (exact) mass is 485 g/mol. The SMILES string of the molecule is COCCOc1cccc(C(CC(=O)O)CN2CC[C@@](F)(CCc3ccc4c(n3)NCCC4)C2)c1. The molecule has 7 nitrogen and oxygen atoms in total. The van der Waals surface area contributed by atoms with Crippen molar-refractivity contribution in [2.75, 3.05) is 51.8 Å². The summed E-state index contributed by atoms with van der Waals surface area (Å²) in [6.45, 7) is 3.28. The predicted molar refractivity (Wildman–Crippen MR) is 133 cm³/mol. The Morgan fingerprint density at radius 1 is 1.31 bits per heavy atom. The third-order valence-electron chi connectivity index (χ3n) is 6.95. The maximum Gasteiger partial charge on any atom is 0.304 e. The predicted octanol–water partition coefficient (Wildman–Crippen LogP) is 4.07. The number of benzene rings is 1. The molecule has 1 aromatic heterocycles. The van der Waals surface area contributed by atoms with Crippen LogP contribution in [0.25, 0.3) is 0 Å². The molecule has 3 heterocycles. The molecule has 2 N–H and O–H groups in total. The Kier molecular flexibility index (Phi) is 8.57. The fraction of sp³-hybridized carbons (Fsp3) is 0.556. The van der Waals surface area contributed by atoms with Gasteiger partial charge in [-0.2, -0.15) is 0 Å². The van der Waals surface area contributed by atoms with Crippen molar-refractivity contribution in [3.63, 3.8) is 0 Å². The number of methoxy groups -OCH3 is 1. The van der Waals surface area contributed by atoms with Crippen LogP contribution >= 0.6 is 0 Å². The lowest BCUT2D eigenvalue weighted by atomic mass is 9.94. The number of aromatic nitrogens is 1. The van der Waals surface area contributed by atoms with Gasteiger partial charge in [-0.1, -0.05) is 18.2 Å². The van der Waals surface area contributed by atoms with Crippen LogP contribution < -0.4 is 10.1 Å². The number of ether oxygens (including phenoxy) is 2. The largest absolute Gasteiger partial charge is 0.491 e. The van der Waals surface area contributed by atoms with E-state index in [9.17, 15) is 9.90 Å². The molecule has 2 aliphatic heterocycles. The Balaban J connectivity index is 1.35. The van der Waals surface area contributed by atoms with E-state index < -0.39 is 11.6 Å². The number of anilines is 1.